The smallest absolute Gasteiger partial charge is 0.257 e. The molecule has 188 valence electrons. The van der Waals surface area contributed by atoms with Gasteiger partial charge in [-0.25, -0.2) is 14.4 Å². The number of fused-ring (bicyclic) bond motifs is 1. The van der Waals surface area contributed by atoms with Gasteiger partial charge in [-0.2, -0.15) is 0 Å². The topological polar surface area (TPSA) is 126 Å². The first kappa shape index (κ1) is 25.3. The molecule has 0 spiro atoms. The Kier molecular flexibility index (Phi) is 8.05. The number of carbonyl (C=O) groups excluding carboxylic acids is 1. The van der Waals surface area contributed by atoms with E-state index in [2.05, 4.69) is 20.6 Å². The van der Waals surface area contributed by atoms with Crippen LogP contribution in [0.1, 0.15) is 18.9 Å². The molecule has 0 radical (unpaired) electrons. The molecule has 0 saturated carbocycles. The third-order valence-electron chi connectivity index (χ3n) is 5.51. The first-order valence-electron chi connectivity index (χ1n) is 11.8. The molecule has 0 unspecified atom stereocenters. The fourth-order valence-corrected chi connectivity index (χ4v) is 3.62. The lowest BCUT2D eigenvalue weighted by Gasteiger charge is -2.13. The van der Waals surface area contributed by atoms with Crippen molar-refractivity contribution in [2.75, 3.05) is 18.5 Å². The monoisotopic (exact) mass is 498 g/mol. The van der Waals surface area contributed by atoms with E-state index in [4.69, 9.17) is 15.9 Å². The number of carbonyl (C=O) groups is 1. The van der Waals surface area contributed by atoms with Crippen molar-refractivity contribution in [1.29, 1.82) is 5.41 Å². The molecular formula is C28H27FN6O2. The molecule has 0 atom stereocenters. The van der Waals surface area contributed by atoms with E-state index in [0.29, 0.717) is 46.0 Å². The lowest BCUT2D eigenvalue weighted by Crippen LogP contribution is -2.29. The number of benzene rings is 3. The molecule has 4 rings (SSSR count). The second-order valence-corrected chi connectivity index (χ2v) is 8.19. The highest BCUT2D eigenvalue weighted by Gasteiger charge is 2.12. The lowest BCUT2D eigenvalue weighted by atomic mass is 10.1. The van der Waals surface area contributed by atoms with Crippen LogP contribution in [0, 0.1) is 11.2 Å². The van der Waals surface area contributed by atoms with E-state index in [1.807, 2.05) is 37.3 Å². The first-order chi connectivity index (χ1) is 18.0. The van der Waals surface area contributed by atoms with Crippen LogP contribution in [-0.2, 0) is 4.79 Å². The van der Waals surface area contributed by atoms with E-state index >= 15 is 0 Å². The maximum atomic E-state index is 14.1. The van der Waals surface area contributed by atoms with Crippen molar-refractivity contribution in [2.45, 2.75) is 13.3 Å². The summed E-state index contributed by atoms with van der Waals surface area (Å²) < 4.78 is 19.8. The number of hydrogen-bond donors (Lipinski definition) is 4. The largest absolute Gasteiger partial charge is 0.484 e. The van der Waals surface area contributed by atoms with Gasteiger partial charge in [-0.15, -0.1) is 0 Å². The Labute approximate surface area is 213 Å². The Balaban J connectivity index is 1.65. The van der Waals surface area contributed by atoms with E-state index < -0.39 is 5.82 Å². The number of amides is 1. The Bertz CT molecular complexity index is 1450. The fraction of sp³-hybridized carbons (Fsp3) is 0.143. The Morgan fingerprint density at radius 1 is 1.11 bits per heavy atom. The number of rotatable bonds is 10. The average Bonchev–Trinajstić information content (AvgIpc) is 2.92. The van der Waals surface area contributed by atoms with Crippen LogP contribution in [0.2, 0.25) is 0 Å². The van der Waals surface area contributed by atoms with Gasteiger partial charge < -0.3 is 26.5 Å². The van der Waals surface area contributed by atoms with Crippen LogP contribution in [0.15, 0.2) is 72.9 Å². The molecule has 4 aromatic rings. The molecule has 8 nitrogen and oxygen atoms in total. The summed E-state index contributed by atoms with van der Waals surface area (Å²) in [6.07, 6.45) is 3.41. The molecule has 0 aliphatic carbocycles. The van der Waals surface area contributed by atoms with Gasteiger partial charge in [0.25, 0.3) is 5.91 Å². The van der Waals surface area contributed by atoms with Crippen LogP contribution < -0.4 is 21.1 Å². The summed E-state index contributed by atoms with van der Waals surface area (Å²) in [7, 11) is 0. The second-order valence-electron chi connectivity index (χ2n) is 8.19. The Hall–Kier alpha value is -4.79. The van der Waals surface area contributed by atoms with Crippen LogP contribution in [0.25, 0.3) is 27.9 Å². The molecule has 0 aliphatic rings. The molecule has 1 amide bonds. The third kappa shape index (κ3) is 6.26. The van der Waals surface area contributed by atoms with E-state index in [0.717, 1.165) is 17.7 Å². The predicted molar refractivity (Wildman–Crippen MR) is 144 cm³/mol. The number of halogens is 1. The van der Waals surface area contributed by atoms with Crippen LogP contribution in [0.3, 0.4) is 0 Å². The number of aromatic nitrogens is 2. The summed E-state index contributed by atoms with van der Waals surface area (Å²) in [4.78, 5) is 21.2. The van der Waals surface area contributed by atoms with Crippen molar-refractivity contribution < 1.29 is 13.9 Å². The van der Waals surface area contributed by atoms with Crippen molar-refractivity contribution >= 4 is 40.1 Å². The molecule has 0 saturated heterocycles. The van der Waals surface area contributed by atoms with E-state index in [1.165, 1.54) is 24.5 Å². The van der Waals surface area contributed by atoms with Crippen LogP contribution in [0.5, 0.6) is 5.75 Å². The second kappa shape index (κ2) is 11.8. The summed E-state index contributed by atoms with van der Waals surface area (Å²) in [6.45, 7) is 2.48. The van der Waals surface area contributed by atoms with Gasteiger partial charge in [0.05, 0.1) is 5.52 Å². The highest BCUT2D eigenvalue weighted by molar-refractivity contribution is 6.08. The molecule has 5 N–H and O–H groups in total. The Morgan fingerprint density at radius 2 is 1.92 bits per heavy atom. The minimum Gasteiger partial charge on any atom is -0.484 e. The maximum absolute atomic E-state index is 14.1. The molecular weight excluding hydrogens is 471 g/mol. The quantitative estimate of drug-likeness (QED) is 0.227. The Morgan fingerprint density at radius 3 is 2.65 bits per heavy atom. The van der Waals surface area contributed by atoms with Crippen LogP contribution in [0.4, 0.5) is 15.9 Å². The van der Waals surface area contributed by atoms with Gasteiger partial charge in [0, 0.05) is 41.2 Å². The average molecular weight is 499 g/mol. The highest BCUT2D eigenvalue weighted by Crippen LogP contribution is 2.29. The SMILES string of the molecule is CCCNC(=O)COc1cccc(-c2nc(Nc3ccc(/C(C=N)=C/N)cc3)c3cc(F)ccc3n2)c1. The van der Waals surface area contributed by atoms with E-state index in [1.54, 1.807) is 24.3 Å². The molecule has 3 aromatic carbocycles. The maximum Gasteiger partial charge on any atom is 0.257 e. The molecule has 0 bridgehead atoms. The van der Waals surface area contributed by atoms with Gasteiger partial charge in [-0.3, -0.25) is 4.79 Å². The summed E-state index contributed by atoms with van der Waals surface area (Å²) in [5.41, 5.74) is 8.93. The summed E-state index contributed by atoms with van der Waals surface area (Å²) in [5, 5.41) is 14.0. The van der Waals surface area contributed by atoms with Gasteiger partial charge in [0.1, 0.15) is 17.4 Å². The zero-order valence-electron chi connectivity index (χ0n) is 20.3. The molecule has 1 aromatic heterocycles. The molecule has 37 heavy (non-hydrogen) atoms. The summed E-state index contributed by atoms with van der Waals surface area (Å²) >= 11 is 0. The number of anilines is 2. The first-order valence-corrected chi connectivity index (χ1v) is 11.8. The summed E-state index contributed by atoms with van der Waals surface area (Å²) in [5.74, 6) is 0.758. The van der Waals surface area contributed by atoms with Crippen LogP contribution in [-0.4, -0.2) is 35.2 Å². The number of hydrogen-bond acceptors (Lipinski definition) is 7. The third-order valence-corrected chi connectivity index (χ3v) is 5.51. The molecule has 0 aliphatic heterocycles. The van der Waals surface area contributed by atoms with Crippen molar-refractivity contribution in [3.63, 3.8) is 0 Å². The van der Waals surface area contributed by atoms with Crippen molar-refractivity contribution in [3.05, 3.63) is 84.3 Å². The van der Waals surface area contributed by atoms with Gasteiger partial charge in [-0.1, -0.05) is 31.2 Å². The zero-order valence-corrected chi connectivity index (χ0v) is 20.3. The predicted octanol–water partition coefficient (Wildman–Crippen LogP) is 5.03. The molecule has 9 heteroatoms. The van der Waals surface area contributed by atoms with E-state index in [9.17, 15) is 9.18 Å². The number of nitrogens with two attached hydrogens (primary N) is 1. The van der Waals surface area contributed by atoms with Crippen molar-refractivity contribution in [3.8, 4) is 17.1 Å². The minimum atomic E-state index is -0.400. The fourth-order valence-electron chi connectivity index (χ4n) is 3.62. The number of nitrogens with zero attached hydrogens (tertiary/aromatic N) is 2. The normalized spacial score (nSPS) is 11.2. The van der Waals surface area contributed by atoms with Gasteiger partial charge >= 0.3 is 0 Å². The number of nitrogens with one attached hydrogen (secondary N) is 3. The summed E-state index contributed by atoms with van der Waals surface area (Å²) in [6, 6.07) is 18.8. The van der Waals surface area contributed by atoms with Crippen LogP contribution >= 0.6 is 0 Å². The van der Waals surface area contributed by atoms with Gasteiger partial charge in [-0.05, 0) is 54.4 Å². The van der Waals surface area contributed by atoms with Crippen molar-refractivity contribution in [1.82, 2.24) is 15.3 Å². The standard InChI is InChI=1S/C28H27FN6O2/c1-2-12-32-26(36)17-37-23-5-3-4-19(13-23)27-34-25-11-8-21(29)14-24(25)28(35-27)33-22-9-6-18(7-10-22)20(15-30)16-31/h3-11,13-16,30H,2,12,17,31H2,1H3,(H,32,36)(H,33,34,35)/b20-16+,30-15?. The number of ether oxygens (including phenoxy) is 1. The van der Waals surface area contributed by atoms with Crippen molar-refractivity contribution in [2.24, 2.45) is 5.73 Å². The molecule has 1 heterocycles. The highest BCUT2D eigenvalue weighted by atomic mass is 19.1. The molecule has 0 fully saturated rings. The number of allylic oxidation sites excluding steroid dienone is 1. The minimum absolute atomic E-state index is 0.0941. The van der Waals surface area contributed by atoms with E-state index in [-0.39, 0.29) is 12.5 Å². The van der Waals surface area contributed by atoms with Gasteiger partial charge in [0.2, 0.25) is 0 Å². The zero-order chi connectivity index (χ0) is 26.2. The van der Waals surface area contributed by atoms with Gasteiger partial charge in [0.15, 0.2) is 12.4 Å². The lowest BCUT2D eigenvalue weighted by molar-refractivity contribution is -0.123.